The van der Waals surface area contributed by atoms with Crippen LogP contribution >= 0.6 is 0 Å². The molecule has 0 aromatic heterocycles. The summed E-state index contributed by atoms with van der Waals surface area (Å²) >= 11 is 0. The van der Waals surface area contributed by atoms with Gasteiger partial charge in [-0.2, -0.15) is 0 Å². The Balaban J connectivity index is 2.43. The summed E-state index contributed by atoms with van der Waals surface area (Å²) in [5.41, 5.74) is 4.90. The quantitative estimate of drug-likeness (QED) is 0.720. The smallest absolute Gasteiger partial charge is 0.410 e. The van der Waals surface area contributed by atoms with Crippen molar-refractivity contribution in [3.05, 3.63) is 12.3 Å². The first-order chi connectivity index (χ1) is 6.92. The first-order valence-electron chi connectivity index (χ1n) is 5.28. The van der Waals surface area contributed by atoms with E-state index in [0.717, 1.165) is 13.0 Å². The predicted molar refractivity (Wildman–Crippen MR) is 59.2 cm³/mol. The zero-order chi connectivity index (χ0) is 11.5. The van der Waals surface area contributed by atoms with Gasteiger partial charge in [-0.25, -0.2) is 4.79 Å². The highest BCUT2D eigenvalue weighted by Gasteiger charge is 2.28. The summed E-state index contributed by atoms with van der Waals surface area (Å²) in [5.74, 6) is 0.377. The van der Waals surface area contributed by atoms with E-state index in [1.54, 1.807) is 11.1 Å². The van der Waals surface area contributed by atoms with Crippen molar-refractivity contribution in [2.24, 2.45) is 11.7 Å². The van der Waals surface area contributed by atoms with E-state index in [2.05, 4.69) is 0 Å². The number of ether oxygens (including phenoxy) is 1. The Morgan fingerprint density at radius 1 is 1.53 bits per heavy atom. The Bertz CT molecular complexity index is 256. The fourth-order valence-electron chi connectivity index (χ4n) is 1.59. The summed E-state index contributed by atoms with van der Waals surface area (Å²) in [7, 11) is 0. The minimum absolute atomic E-state index is 0.226. The van der Waals surface area contributed by atoms with E-state index in [1.165, 1.54) is 0 Å². The SMILES string of the molecule is CC(C)(C)OC(=O)N1CCC(/C=C/N)C1. The van der Waals surface area contributed by atoms with Crippen LogP contribution in [0.1, 0.15) is 27.2 Å². The number of hydrogen-bond donors (Lipinski definition) is 1. The maximum atomic E-state index is 11.7. The van der Waals surface area contributed by atoms with E-state index in [9.17, 15) is 4.79 Å². The summed E-state index contributed by atoms with van der Waals surface area (Å²) < 4.78 is 5.28. The van der Waals surface area contributed by atoms with E-state index >= 15 is 0 Å². The Morgan fingerprint density at radius 2 is 2.20 bits per heavy atom. The van der Waals surface area contributed by atoms with Gasteiger partial charge in [0.1, 0.15) is 5.60 Å². The second-order valence-electron chi connectivity index (χ2n) is 4.86. The van der Waals surface area contributed by atoms with Crippen molar-refractivity contribution >= 4 is 6.09 Å². The van der Waals surface area contributed by atoms with E-state index in [4.69, 9.17) is 10.5 Å². The van der Waals surface area contributed by atoms with E-state index in [0.29, 0.717) is 12.5 Å². The summed E-state index contributed by atoms with van der Waals surface area (Å²) in [5, 5.41) is 0. The van der Waals surface area contributed by atoms with Crippen molar-refractivity contribution in [2.75, 3.05) is 13.1 Å². The second-order valence-corrected chi connectivity index (χ2v) is 4.86. The van der Waals surface area contributed by atoms with Gasteiger partial charge in [0.05, 0.1) is 0 Å². The lowest BCUT2D eigenvalue weighted by atomic mass is 10.1. The molecule has 1 aliphatic heterocycles. The molecule has 1 fully saturated rings. The van der Waals surface area contributed by atoms with Crippen molar-refractivity contribution in [1.29, 1.82) is 0 Å². The van der Waals surface area contributed by atoms with Crippen LogP contribution in [-0.2, 0) is 4.74 Å². The molecule has 0 radical (unpaired) electrons. The summed E-state index contributed by atoms with van der Waals surface area (Å²) in [6, 6.07) is 0. The van der Waals surface area contributed by atoms with Crippen LogP contribution in [0.2, 0.25) is 0 Å². The fourth-order valence-corrected chi connectivity index (χ4v) is 1.59. The van der Waals surface area contributed by atoms with Gasteiger partial charge in [-0.1, -0.05) is 6.08 Å². The molecule has 0 aliphatic carbocycles. The van der Waals surface area contributed by atoms with Gasteiger partial charge in [0.15, 0.2) is 0 Å². The maximum absolute atomic E-state index is 11.7. The number of amides is 1. The van der Waals surface area contributed by atoms with E-state index < -0.39 is 5.60 Å². The van der Waals surface area contributed by atoms with Crippen LogP contribution < -0.4 is 5.73 Å². The van der Waals surface area contributed by atoms with Crippen LogP contribution in [0.4, 0.5) is 4.79 Å². The molecular formula is C11H20N2O2. The normalized spacial score (nSPS) is 22.3. The highest BCUT2D eigenvalue weighted by molar-refractivity contribution is 5.68. The van der Waals surface area contributed by atoms with Gasteiger partial charge < -0.3 is 15.4 Å². The monoisotopic (exact) mass is 212 g/mol. The molecule has 1 saturated heterocycles. The van der Waals surface area contributed by atoms with Crippen molar-refractivity contribution in [3.8, 4) is 0 Å². The third-order valence-corrected chi connectivity index (χ3v) is 2.26. The molecule has 4 nitrogen and oxygen atoms in total. The molecule has 1 aliphatic rings. The van der Waals surface area contributed by atoms with Gasteiger partial charge in [0.2, 0.25) is 0 Å². The topological polar surface area (TPSA) is 55.6 Å². The Labute approximate surface area is 91.1 Å². The minimum Gasteiger partial charge on any atom is -0.444 e. The van der Waals surface area contributed by atoms with Gasteiger partial charge in [0.25, 0.3) is 0 Å². The van der Waals surface area contributed by atoms with Gasteiger partial charge >= 0.3 is 6.09 Å². The van der Waals surface area contributed by atoms with Crippen molar-refractivity contribution in [3.63, 3.8) is 0 Å². The van der Waals surface area contributed by atoms with E-state index in [1.807, 2.05) is 26.8 Å². The average molecular weight is 212 g/mol. The lowest BCUT2D eigenvalue weighted by Crippen LogP contribution is -2.35. The predicted octanol–water partition coefficient (Wildman–Crippen LogP) is 1.72. The molecule has 1 rings (SSSR count). The van der Waals surface area contributed by atoms with Crippen molar-refractivity contribution in [1.82, 2.24) is 4.90 Å². The molecule has 1 unspecified atom stereocenters. The van der Waals surface area contributed by atoms with Crippen molar-refractivity contribution < 1.29 is 9.53 Å². The maximum Gasteiger partial charge on any atom is 0.410 e. The molecule has 1 amide bonds. The summed E-state index contributed by atoms with van der Waals surface area (Å²) in [4.78, 5) is 13.4. The van der Waals surface area contributed by atoms with Crippen LogP contribution in [-0.4, -0.2) is 29.7 Å². The Hall–Kier alpha value is -1.19. The molecular weight excluding hydrogens is 192 g/mol. The standard InChI is InChI=1S/C11H20N2O2/c1-11(2,3)15-10(14)13-7-5-9(8-13)4-6-12/h4,6,9H,5,7-8,12H2,1-3H3/b6-4+. The highest BCUT2D eigenvalue weighted by atomic mass is 16.6. The molecule has 0 spiro atoms. The molecule has 0 aromatic carbocycles. The highest BCUT2D eigenvalue weighted by Crippen LogP contribution is 2.19. The molecule has 0 aromatic rings. The lowest BCUT2D eigenvalue weighted by molar-refractivity contribution is 0.0291. The van der Waals surface area contributed by atoms with Crippen LogP contribution in [0.15, 0.2) is 12.3 Å². The number of nitrogens with two attached hydrogens (primary N) is 1. The molecule has 15 heavy (non-hydrogen) atoms. The summed E-state index contributed by atoms with van der Waals surface area (Å²) in [6.45, 7) is 7.08. The minimum atomic E-state index is -0.418. The number of likely N-dealkylation sites (tertiary alicyclic amines) is 1. The van der Waals surface area contributed by atoms with Gasteiger partial charge in [-0.05, 0) is 39.3 Å². The molecule has 1 atom stereocenters. The number of nitrogens with zero attached hydrogens (tertiary/aromatic N) is 1. The number of carbonyl (C=O) groups is 1. The second kappa shape index (κ2) is 4.55. The molecule has 4 heteroatoms. The molecule has 2 N–H and O–H groups in total. The van der Waals surface area contributed by atoms with Crippen molar-refractivity contribution in [2.45, 2.75) is 32.8 Å². The molecule has 86 valence electrons. The van der Waals surface area contributed by atoms with Crippen LogP contribution in [0.25, 0.3) is 0 Å². The van der Waals surface area contributed by atoms with Crippen LogP contribution in [0.5, 0.6) is 0 Å². The van der Waals surface area contributed by atoms with Gasteiger partial charge in [0, 0.05) is 13.1 Å². The zero-order valence-electron chi connectivity index (χ0n) is 9.69. The number of hydrogen-bond acceptors (Lipinski definition) is 3. The third kappa shape index (κ3) is 3.81. The largest absolute Gasteiger partial charge is 0.444 e. The average Bonchev–Trinajstić information content (AvgIpc) is 2.50. The summed E-state index contributed by atoms with van der Waals surface area (Å²) in [6.07, 6.45) is 4.22. The fraction of sp³-hybridized carbons (Fsp3) is 0.727. The molecule has 1 heterocycles. The lowest BCUT2D eigenvalue weighted by Gasteiger charge is -2.24. The Morgan fingerprint density at radius 3 is 2.73 bits per heavy atom. The molecule has 0 saturated carbocycles. The first-order valence-corrected chi connectivity index (χ1v) is 5.28. The van der Waals surface area contributed by atoms with E-state index in [-0.39, 0.29) is 6.09 Å². The number of carbonyl (C=O) groups excluding carboxylic acids is 1. The van der Waals surface area contributed by atoms with Crippen LogP contribution in [0, 0.1) is 5.92 Å². The Kier molecular flexibility index (Phi) is 3.61. The first kappa shape index (κ1) is 11.9. The zero-order valence-corrected chi connectivity index (χ0v) is 9.69. The van der Waals surface area contributed by atoms with Crippen LogP contribution in [0.3, 0.4) is 0 Å². The van der Waals surface area contributed by atoms with Gasteiger partial charge in [-0.15, -0.1) is 0 Å². The third-order valence-electron chi connectivity index (χ3n) is 2.26. The molecule has 0 bridgehead atoms. The number of rotatable bonds is 1. The van der Waals surface area contributed by atoms with Gasteiger partial charge in [-0.3, -0.25) is 0 Å².